The van der Waals surface area contributed by atoms with Gasteiger partial charge in [-0.1, -0.05) is 6.07 Å². The van der Waals surface area contributed by atoms with E-state index in [0.29, 0.717) is 5.56 Å². The summed E-state index contributed by atoms with van der Waals surface area (Å²) in [6.07, 6.45) is 1.67. The highest BCUT2D eigenvalue weighted by molar-refractivity contribution is 5.48. The van der Waals surface area contributed by atoms with Gasteiger partial charge in [0.1, 0.15) is 11.9 Å². The SMILES string of the molecule is N#Cc1c(F)ccc2c1[C@H](N)CC2. The van der Waals surface area contributed by atoms with E-state index in [4.69, 9.17) is 11.0 Å². The smallest absolute Gasteiger partial charge is 0.141 e. The largest absolute Gasteiger partial charge is 0.324 e. The molecule has 0 saturated carbocycles. The van der Waals surface area contributed by atoms with Gasteiger partial charge >= 0.3 is 0 Å². The van der Waals surface area contributed by atoms with Crippen molar-refractivity contribution in [1.29, 1.82) is 5.26 Å². The molecule has 1 aliphatic rings. The zero-order chi connectivity index (χ0) is 9.42. The molecule has 0 fully saturated rings. The minimum Gasteiger partial charge on any atom is -0.324 e. The first kappa shape index (κ1) is 8.21. The normalized spacial score (nSPS) is 19.6. The standard InChI is InChI=1S/C10H9FN2/c11-8-3-1-6-2-4-9(13)10(6)7(8)5-12/h1,3,9H,2,4,13H2/t9-/m1/s1. The van der Waals surface area contributed by atoms with E-state index in [9.17, 15) is 4.39 Å². The number of fused-ring (bicyclic) bond motifs is 1. The van der Waals surface area contributed by atoms with Crippen molar-refractivity contribution in [3.05, 3.63) is 34.6 Å². The molecule has 2 nitrogen and oxygen atoms in total. The van der Waals surface area contributed by atoms with Crippen LogP contribution >= 0.6 is 0 Å². The summed E-state index contributed by atoms with van der Waals surface area (Å²) in [6, 6.07) is 4.77. The van der Waals surface area contributed by atoms with E-state index >= 15 is 0 Å². The number of nitriles is 1. The first-order valence-corrected chi connectivity index (χ1v) is 4.21. The van der Waals surface area contributed by atoms with Crippen LogP contribution in [0.15, 0.2) is 12.1 Å². The Morgan fingerprint density at radius 1 is 1.54 bits per heavy atom. The number of hydrogen-bond acceptors (Lipinski definition) is 2. The number of nitrogens with two attached hydrogens (primary N) is 1. The van der Waals surface area contributed by atoms with Crippen LogP contribution in [0.5, 0.6) is 0 Å². The van der Waals surface area contributed by atoms with E-state index in [0.717, 1.165) is 18.4 Å². The van der Waals surface area contributed by atoms with Gasteiger partial charge in [-0.3, -0.25) is 0 Å². The molecule has 2 N–H and O–H groups in total. The maximum atomic E-state index is 13.1. The Bertz CT molecular complexity index is 393. The molecule has 3 heteroatoms. The van der Waals surface area contributed by atoms with Crippen LogP contribution < -0.4 is 5.73 Å². The van der Waals surface area contributed by atoms with Crippen LogP contribution in [-0.4, -0.2) is 0 Å². The Balaban J connectivity index is 2.69. The van der Waals surface area contributed by atoms with Crippen molar-refractivity contribution in [1.82, 2.24) is 0 Å². The van der Waals surface area contributed by atoms with Gasteiger partial charge in [0, 0.05) is 6.04 Å². The minimum atomic E-state index is -0.460. The lowest BCUT2D eigenvalue weighted by molar-refractivity contribution is 0.617. The summed E-state index contributed by atoms with van der Waals surface area (Å²) in [5.74, 6) is -0.460. The van der Waals surface area contributed by atoms with Gasteiger partial charge in [0.2, 0.25) is 0 Å². The molecule has 0 amide bonds. The number of rotatable bonds is 0. The second kappa shape index (κ2) is 2.82. The summed E-state index contributed by atoms with van der Waals surface area (Å²) in [5, 5.41) is 8.75. The lowest BCUT2D eigenvalue weighted by Gasteiger charge is -2.06. The van der Waals surface area contributed by atoms with Crippen LogP contribution in [0.3, 0.4) is 0 Å². The second-order valence-electron chi connectivity index (χ2n) is 3.25. The highest BCUT2D eigenvalue weighted by Gasteiger charge is 2.24. The maximum absolute atomic E-state index is 13.1. The Labute approximate surface area is 75.8 Å². The summed E-state index contributed by atoms with van der Waals surface area (Å²) < 4.78 is 13.1. The van der Waals surface area contributed by atoms with E-state index in [1.165, 1.54) is 6.07 Å². The van der Waals surface area contributed by atoms with Crippen LogP contribution in [0.4, 0.5) is 4.39 Å². The molecule has 0 aliphatic heterocycles. The molecule has 0 radical (unpaired) electrons. The fourth-order valence-electron chi connectivity index (χ4n) is 1.85. The predicted octanol–water partition coefficient (Wildman–Crippen LogP) is 1.64. The van der Waals surface area contributed by atoms with Crippen LogP contribution in [-0.2, 0) is 6.42 Å². The molecule has 0 spiro atoms. The first-order chi connectivity index (χ1) is 6.24. The Morgan fingerprint density at radius 3 is 3.00 bits per heavy atom. The fraction of sp³-hybridized carbons (Fsp3) is 0.300. The quantitative estimate of drug-likeness (QED) is 0.653. The van der Waals surface area contributed by atoms with Crippen molar-refractivity contribution in [3.63, 3.8) is 0 Å². The van der Waals surface area contributed by atoms with Gasteiger partial charge in [0.25, 0.3) is 0 Å². The Morgan fingerprint density at radius 2 is 2.31 bits per heavy atom. The number of benzene rings is 1. The lowest BCUT2D eigenvalue weighted by atomic mass is 10.0. The van der Waals surface area contributed by atoms with Gasteiger partial charge in [-0.05, 0) is 30.0 Å². The summed E-state index contributed by atoms with van der Waals surface area (Å²) in [7, 11) is 0. The van der Waals surface area contributed by atoms with Gasteiger partial charge in [0.15, 0.2) is 0 Å². The third-order valence-electron chi connectivity index (χ3n) is 2.49. The molecule has 0 bridgehead atoms. The molecule has 0 heterocycles. The number of halogens is 1. The van der Waals surface area contributed by atoms with Gasteiger partial charge in [-0.15, -0.1) is 0 Å². The molecule has 66 valence electrons. The average molecular weight is 176 g/mol. The van der Waals surface area contributed by atoms with Crippen molar-refractivity contribution in [3.8, 4) is 6.07 Å². The van der Waals surface area contributed by atoms with E-state index in [1.54, 1.807) is 6.07 Å². The summed E-state index contributed by atoms with van der Waals surface area (Å²) >= 11 is 0. The number of nitrogens with zero attached hydrogens (tertiary/aromatic N) is 1. The van der Waals surface area contributed by atoms with Crippen molar-refractivity contribution < 1.29 is 4.39 Å². The Kier molecular flexibility index (Phi) is 1.78. The van der Waals surface area contributed by atoms with Crippen LogP contribution in [0.2, 0.25) is 0 Å². The number of hydrogen-bond donors (Lipinski definition) is 1. The summed E-state index contributed by atoms with van der Waals surface area (Å²) in [6.45, 7) is 0. The van der Waals surface area contributed by atoms with Crippen LogP contribution in [0, 0.1) is 17.1 Å². The van der Waals surface area contributed by atoms with Crippen molar-refractivity contribution >= 4 is 0 Å². The molecule has 13 heavy (non-hydrogen) atoms. The van der Waals surface area contributed by atoms with E-state index in [2.05, 4.69) is 0 Å². The highest BCUT2D eigenvalue weighted by Crippen LogP contribution is 2.32. The van der Waals surface area contributed by atoms with Crippen LogP contribution in [0.1, 0.15) is 29.2 Å². The summed E-state index contributed by atoms with van der Waals surface area (Å²) in [4.78, 5) is 0. The molecule has 1 aromatic rings. The zero-order valence-electron chi connectivity index (χ0n) is 7.05. The maximum Gasteiger partial charge on any atom is 0.141 e. The topological polar surface area (TPSA) is 49.8 Å². The first-order valence-electron chi connectivity index (χ1n) is 4.21. The van der Waals surface area contributed by atoms with Gasteiger partial charge < -0.3 is 5.73 Å². The highest BCUT2D eigenvalue weighted by atomic mass is 19.1. The predicted molar refractivity (Wildman–Crippen MR) is 46.4 cm³/mol. The van der Waals surface area contributed by atoms with Crippen molar-refractivity contribution in [2.24, 2.45) is 5.73 Å². The van der Waals surface area contributed by atoms with E-state index in [1.807, 2.05) is 6.07 Å². The van der Waals surface area contributed by atoms with Gasteiger partial charge in [0.05, 0.1) is 5.56 Å². The molecular formula is C10H9FN2. The molecule has 2 rings (SSSR count). The molecule has 0 aromatic heterocycles. The third kappa shape index (κ3) is 1.11. The second-order valence-corrected chi connectivity index (χ2v) is 3.25. The van der Waals surface area contributed by atoms with E-state index < -0.39 is 5.82 Å². The van der Waals surface area contributed by atoms with Crippen molar-refractivity contribution in [2.45, 2.75) is 18.9 Å². The molecule has 1 atom stereocenters. The summed E-state index contributed by atoms with van der Waals surface area (Å²) in [5.41, 5.74) is 7.63. The Hall–Kier alpha value is -1.40. The lowest BCUT2D eigenvalue weighted by Crippen LogP contribution is -2.08. The zero-order valence-corrected chi connectivity index (χ0v) is 7.05. The monoisotopic (exact) mass is 176 g/mol. The number of aryl methyl sites for hydroxylation is 1. The van der Waals surface area contributed by atoms with Gasteiger partial charge in [-0.2, -0.15) is 5.26 Å². The molecule has 1 aromatic carbocycles. The van der Waals surface area contributed by atoms with Crippen molar-refractivity contribution in [2.75, 3.05) is 0 Å². The molecular weight excluding hydrogens is 167 g/mol. The average Bonchev–Trinajstić information content (AvgIpc) is 2.49. The van der Waals surface area contributed by atoms with E-state index in [-0.39, 0.29) is 11.6 Å². The van der Waals surface area contributed by atoms with Crippen LogP contribution in [0.25, 0.3) is 0 Å². The molecule has 0 unspecified atom stereocenters. The molecule has 1 aliphatic carbocycles. The fourth-order valence-corrected chi connectivity index (χ4v) is 1.85. The third-order valence-corrected chi connectivity index (χ3v) is 2.49. The molecule has 0 saturated heterocycles. The minimum absolute atomic E-state index is 0.127. The van der Waals surface area contributed by atoms with Gasteiger partial charge in [-0.25, -0.2) is 4.39 Å².